The quantitative estimate of drug-likeness (QED) is 0.432. The van der Waals surface area contributed by atoms with Crippen LogP contribution in [0.5, 0.6) is 0 Å². The Balaban J connectivity index is 1.15. The molecule has 1 aromatic carbocycles. The highest BCUT2D eigenvalue weighted by Crippen LogP contribution is 2.78. The number of nitrogens with one attached hydrogen (secondary N) is 2. The van der Waals surface area contributed by atoms with E-state index < -0.39 is 0 Å². The van der Waals surface area contributed by atoms with Crippen LogP contribution in [0.25, 0.3) is 0 Å². The van der Waals surface area contributed by atoms with E-state index >= 15 is 0 Å². The summed E-state index contributed by atoms with van der Waals surface area (Å²) in [7, 11) is 0. The van der Waals surface area contributed by atoms with E-state index in [2.05, 4.69) is 31.4 Å². The Bertz CT molecular complexity index is 908. The van der Waals surface area contributed by atoms with E-state index in [4.69, 9.17) is 11.6 Å². The molecule has 182 valence electrons. The number of amides is 1. The van der Waals surface area contributed by atoms with Gasteiger partial charge in [0.1, 0.15) is 0 Å². The van der Waals surface area contributed by atoms with Gasteiger partial charge < -0.3 is 15.7 Å². The molecule has 5 heteroatoms. The molecule has 1 amide bonds. The van der Waals surface area contributed by atoms with E-state index in [1.165, 1.54) is 38.5 Å². The lowest BCUT2D eigenvalue weighted by Gasteiger charge is -2.49. The minimum atomic E-state index is -0.0198. The van der Waals surface area contributed by atoms with Gasteiger partial charge in [-0.05, 0) is 110 Å². The van der Waals surface area contributed by atoms with Crippen molar-refractivity contribution in [2.75, 3.05) is 19.7 Å². The predicted molar refractivity (Wildman–Crippen MR) is 133 cm³/mol. The topological polar surface area (TPSA) is 61.4 Å². The first-order valence-corrected chi connectivity index (χ1v) is 13.4. The largest absolute Gasteiger partial charge is 0.395 e. The maximum Gasteiger partial charge on any atom is 0.252 e. The van der Waals surface area contributed by atoms with Crippen LogP contribution in [0.3, 0.4) is 0 Å². The maximum atomic E-state index is 13.1. The van der Waals surface area contributed by atoms with E-state index in [1.54, 1.807) is 0 Å². The van der Waals surface area contributed by atoms with Crippen LogP contribution in [-0.4, -0.2) is 36.8 Å². The Morgan fingerprint density at radius 2 is 2.03 bits per heavy atom. The molecular weight excluding hydrogens is 432 g/mol. The van der Waals surface area contributed by atoms with Gasteiger partial charge in [0.15, 0.2) is 0 Å². The van der Waals surface area contributed by atoms with Crippen molar-refractivity contribution in [3.63, 3.8) is 0 Å². The lowest BCUT2D eigenvalue weighted by molar-refractivity contribution is -0.00253. The van der Waals surface area contributed by atoms with Gasteiger partial charge in [-0.15, -0.1) is 0 Å². The van der Waals surface area contributed by atoms with Crippen LogP contribution in [0.2, 0.25) is 5.02 Å². The summed E-state index contributed by atoms with van der Waals surface area (Å²) in [5.41, 5.74) is 2.76. The second kappa shape index (κ2) is 8.53. The minimum Gasteiger partial charge on any atom is -0.395 e. The number of aryl methyl sites for hydroxylation is 1. The smallest absolute Gasteiger partial charge is 0.252 e. The molecule has 1 spiro atoms. The summed E-state index contributed by atoms with van der Waals surface area (Å²) in [5.74, 6) is 2.80. The van der Waals surface area contributed by atoms with Crippen molar-refractivity contribution >= 4 is 17.5 Å². The van der Waals surface area contributed by atoms with Gasteiger partial charge in [0.2, 0.25) is 0 Å². The lowest BCUT2D eigenvalue weighted by Crippen LogP contribution is -2.43. The Morgan fingerprint density at radius 3 is 2.79 bits per heavy atom. The van der Waals surface area contributed by atoms with Crippen molar-refractivity contribution in [2.45, 2.75) is 78.2 Å². The van der Waals surface area contributed by atoms with Gasteiger partial charge in [0.25, 0.3) is 5.91 Å². The summed E-state index contributed by atoms with van der Waals surface area (Å²) in [6.45, 7) is 8.19. The van der Waals surface area contributed by atoms with Gasteiger partial charge in [-0.2, -0.15) is 0 Å². The Morgan fingerprint density at radius 1 is 1.21 bits per heavy atom. The van der Waals surface area contributed by atoms with E-state index in [-0.39, 0.29) is 24.0 Å². The number of aliphatic hydroxyl groups excluding tert-OH is 1. The van der Waals surface area contributed by atoms with Crippen LogP contribution in [0.4, 0.5) is 0 Å². The molecule has 33 heavy (non-hydrogen) atoms. The number of benzene rings is 1. The van der Waals surface area contributed by atoms with Crippen LogP contribution >= 0.6 is 11.6 Å². The van der Waals surface area contributed by atoms with Crippen molar-refractivity contribution < 1.29 is 9.90 Å². The average Bonchev–Trinajstić information content (AvgIpc) is 3.07. The number of carbonyl (C=O) groups is 1. The fourth-order valence-corrected chi connectivity index (χ4v) is 8.43. The molecule has 4 nitrogen and oxygen atoms in total. The fraction of sp³-hybridized carbons (Fsp3) is 0.750. The summed E-state index contributed by atoms with van der Waals surface area (Å²) in [4.78, 5) is 13.1. The zero-order valence-electron chi connectivity index (χ0n) is 20.6. The molecule has 3 bridgehead atoms. The molecule has 0 saturated heterocycles. The summed E-state index contributed by atoms with van der Waals surface area (Å²) < 4.78 is 0. The van der Waals surface area contributed by atoms with E-state index in [0.29, 0.717) is 21.4 Å². The van der Waals surface area contributed by atoms with Gasteiger partial charge in [-0.3, -0.25) is 4.79 Å². The molecule has 4 saturated carbocycles. The molecule has 4 fully saturated rings. The first-order valence-electron chi connectivity index (χ1n) is 13.1. The molecule has 4 aliphatic rings. The third-order valence-corrected chi connectivity index (χ3v) is 10.1. The average molecular weight is 473 g/mol. The molecule has 5 rings (SSSR count). The predicted octanol–water partition coefficient (Wildman–Crippen LogP) is 5.22. The zero-order chi connectivity index (χ0) is 23.4. The highest BCUT2D eigenvalue weighted by atomic mass is 35.5. The second-order valence-corrected chi connectivity index (χ2v) is 13.3. The molecular formula is C28H41ClN2O2. The third-order valence-electron chi connectivity index (χ3n) is 9.75. The minimum absolute atomic E-state index is 0.0198. The normalized spacial score (nSPS) is 34.8. The molecule has 0 heterocycles. The molecule has 0 radical (unpaired) electrons. The molecule has 0 aromatic heterocycles. The van der Waals surface area contributed by atoms with Crippen LogP contribution in [-0.2, 0) is 6.42 Å². The number of fused-ring (bicyclic) bond motifs is 2. The number of halogens is 1. The van der Waals surface area contributed by atoms with Crippen molar-refractivity contribution in [1.82, 2.24) is 10.6 Å². The highest BCUT2D eigenvalue weighted by Gasteiger charge is 2.70. The lowest BCUT2D eigenvalue weighted by atomic mass is 9.55. The van der Waals surface area contributed by atoms with Gasteiger partial charge >= 0.3 is 0 Å². The van der Waals surface area contributed by atoms with E-state index in [0.717, 1.165) is 49.2 Å². The molecule has 0 aliphatic heterocycles. The third kappa shape index (κ3) is 4.25. The van der Waals surface area contributed by atoms with Crippen molar-refractivity contribution in [3.05, 3.63) is 34.3 Å². The molecule has 1 aromatic rings. The SMILES string of the molecule is CC(C)(C)C(CO)NCCCc1ccc(Cl)c(C(=O)NCC23CC4CC5CC(C2)C5(C4)C3)c1. The number of rotatable bonds is 9. The molecule has 6 atom stereocenters. The molecule has 4 aliphatic carbocycles. The zero-order valence-corrected chi connectivity index (χ0v) is 21.3. The Kier molecular flexibility index (Phi) is 6.11. The summed E-state index contributed by atoms with van der Waals surface area (Å²) in [6, 6.07) is 5.95. The number of aliphatic hydroxyl groups is 1. The first kappa shape index (κ1) is 23.6. The van der Waals surface area contributed by atoms with Crippen molar-refractivity contribution in [2.24, 2.45) is 34.0 Å². The van der Waals surface area contributed by atoms with Crippen molar-refractivity contribution in [3.8, 4) is 0 Å². The molecule has 3 N–H and O–H groups in total. The Labute approximate surface area is 204 Å². The first-order chi connectivity index (χ1) is 15.6. The molecule has 6 unspecified atom stereocenters. The van der Waals surface area contributed by atoms with Gasteiger partial charge in [-0.25, -0.2) is 0 Å². The van der Waals surface area contributed by atoms with Crippen LogP contribution in [0, 0.1) is 34.0 Å². The van der Waals surface area contributed by atoms with Crippen LogP contribution in [0.1, 0.15) is 81.6 Å². The summed E-state index contributed by atoms with van der Waals surface area (Å²) in [6.07, 6.45) is 10.2. The standard InChI is InChI=1S/C28H41ClN2O2/c1-26(2,3)24(15-32)30-8-4-5-18-6-7-23(29)22(10-18)25(33)31-17-27-12-19-9-20-11-21(14-27)28(20,13-19)16-27/h6-7,10,19-21,24,30,32H,4-5,8-9,11-17H2,1-3H3,(H,31,33). The van der Waals surface area contributed by atoms with Crippen LogP contribution < -0.4 is 10.6 Å². The monoisotopic (exact) mass is 472 g/mol. The summed E-state index contributed by atoms with van der Waals surface area (Å²) >= 11 is 6.45. The Hall–Kier alpha value is -1.10. The van der Waals surface area contributed by atoms with Crippen molar-refractivity contribution in [1.29, 1.82) is 0 Å². The highest BCUT2D eigenvalue weighted by molar-refractivity contribution is 6.33. The number of carbonyl (C=O) groups excluding carboxylic acids is 1. The second-order valence-electron chi connectivity index (χ2n) is 12.9. The van der Waals surface area contributed by atoms with Gasteiger partial charge in [0, 0.05) is 12.6 Å². The van der Waals surface area contributed by atoms with Gasteiger partial charge in [0.05, 0.1) is 17.2 Å². The van der Waals surface area contributed by atoms with Crippen LogP contribution in [0.15, 0.2) is 18.2 Å². The van der Waals surface area contributed by atoms with Gasteiger partial charge in [-0.1, -0.05) is 38.4 Å². The van der Waals surface area contributed by atoms with E-state index in [1.807, 2.05) is 18.2 Å². The fourth-order valence-electron chi connectivity index (χ4n) is 8.22. The maximum absolute atomic E-state index is 13.1. The number of hydrogen-bond donors (Lipinski definition) is 3. The summed E-state index contributed by atoms with van der Waals surface area (Å²) in [5, 5.41) is 16.9. The van der Waals surface area contributed by atoms with E-state index in [9.17, 15) is 9.90 Å². The number of hydrogen-bond acceptors (Lipinski definition) is 3.